The first-order valence-electron chi connectivity index (χ1n) is 7.03. The number of sulfone groups is 1. The highest BCUT2D eigenvalue weighted by Gasteiger charge is 2.48. The van der Waals surface area contributed by atoms with Crippen LogP contribution in [-0.4, -0.2) is 36.1 Å². The molecule has 0 bridgehead atoms. The monoisotopic (exact) mass is 376 g/mol. The molecule has 1 aliphatic heterocycles. The fourth-order valence-electron chi connectivity index (χ4n) is 2.76. The third kappa shape index (κ3) is 3.15. The second-order valence-electron chi connectivity index (χ2n) is 5.24. The number of fused-ring (bicyclic) bond motifs is 1. The summed E-state index contributed by atoms with van der Waals surface area (Å²) in [6.45, 7) is 0. The summed E-state index contributed by atoms with van der Waals surface area (Å²) in [5.74, 6) is -4.83. The summed E-state index contributed by atoms with van der Waals surface area (Å²) in [5.41, 5.74) is -0.374. The van der Waals surface area contributed by atoms with Crippen molar-refractivity contribution in [2.45, 2.75) is 22.4 Å². The molecule has 0 saturated carbocycles. The third-order valence-electron chi connectivity index (χ3n) is 3.87. The van der Waals surface area contributed by atoms with Crippen LogP contribution in [0.3, 0.4) is 0 Å². The van der Waals surface area contributed by atoms with Crippen LogP contribution in [0.15, 0.2) is 41.3 Å². The predicted octanol–water partition coefficient (Wildman–Crippen LogP) is 1.64. The number of halogens is 3. The van der Waals surface area contributed by atoms with E-state index in [9.17, 15) is 31.8 Å². The fourth-order valence-corrected chi connectivity index (χ4v) is 4.82. The van der Waals surface area contributed by atoms with E-state index in [1.54, 1.807) is 0 Å². The highest BCUT2D eigenvalue weighted by atomic mass is 32.2. The van der Waals surface area contributed by atoms with Gasteiger partial charge in [0, 0.05) is 12.7 Å². The Balaban J connectivity index is 0.00000109. The van der Waals surface area contributed by atoms with Crippen LogP contribution in [0, 0.1) is 17.5 Å². The van der Waals surface area contributed by atoms with Gasteiger partial charge < -0.3 is 15.3 Å². The normalized spacial score (nSPS) is 21.9. The summed E-state index contributed by atoms with van der Waals surface area (Å²) in [6.07, 6.45) is -3.49. The molecule has 1 heterocycles. The molecule has 0 saturated heterocycles. The Labute approximate surface area is 141 Å². The van der Waals surface area contributed by atoms with Crippen molar-refractivity contribution in [3.63, 3.8) is 0 Å². The average molecular weight is 376 g/mol. The number of hydrogen-bond acceptors (Lipinski definition) is 5. The van der Waals surface area contributed by atoms with Crippen molar-refractivity contribution in [3.8, 4) is 0 Å². The van der Waals surface area contributed by atoms with Crippen LogP contribution >= 0.6 is 0 Å². The molecule has 5 nitrogen and oxygen atoms in total. The molecule has 0 aromatic heterocycles. The highest BCUT2D eigenvalue weighted by molar-refractivity contribution is 7.92. The zero-order valence-corrected chi connectivity index (χ0v) is 13.7. The topological polar surface area (TPSA) is 94.8 Å². The van der Waals surface area contributed by atoms with E-state index >= 15 is 0 Å². The summed E-state index contributed by atoms with van der Waals surface area (Å²) in [6, 6.07) is 6.64. The van der Waals surface area contributed by atoms with Crippen LogP contribution in [0.2, 0.25) is 0 Å². The first-order valence-corrected chi connectivity index (χ1v) is 8.58. The highest BCUT2D eigenvalue weighted by Crippen LogP contribution is 2.44. The Morgan fingerprint density at radius 2 is 1.56 bits per heavy atom. The number of benzene rings is 2. The molecule has 2 aromatic rings. The zero-order chi connectivity index (χ0) is 18.9. The van der Waals surface area contributed by atoms with Gasteiger partial charge in [0.2, 0.25) is 0 Å². The average Bonchev–Trinajstić information content (AvgIpc) is 2.80. The molecule has 0 amide bonds. The maximum Gasteiger partial charge on any atom is 0.194 e. The summed E-state index contributed by atoms with van der Waals surface area (Å²) >= 11 is 0. The number of aliphatic hydroxyl groups excluding tert-OH is 3. The van der Waals surface area contributed by atoms with Gasteiger partial charge in [-0.2, -0.15) is 0 Å². The summed E-state index contributed by atoms with van der Waals surface area (Å²) in [7, 11) is -3.12. The van der Waals surface area contributed by atoms with Crippen LogP contribution in [0.4, 0.5) is 13.2 Å². The van der Waals surface area contributed by atoms with Crippen LogP contribution in [0.5, 0.6) is 0 Å². The van der Waals surface area contributed by atoms with Crippen molar-refractivity contribution in [2.75, 3.05) is 7.11 Å². The molecule has 3 unspecified atom stereocenters. The summed E-state index contributed by atoms with van der Waals surface area (Å²) in [5, 5.41) is 25.7. The minimum Gasteiger partial charge on any atom is -0.400 e. The molecular weight excluding hydrogens is 361 g/mol. The molecular formula is C16H15F3O5S. The van der Waals surface area contributed by atoms with Gasteiger partial charge in [-0.05, 0) is 23.8 Å². The molecule has 0 spiro atoms. The van der Waals surface area contributed by atoms with Gasteiger partial charge in [-0.25, -0.2) is 21.6 Å². The van der Waals surface area contributed by atoms with Gasteiger partial charge in [0.15, 0.2) is 27.3 Å². The smallest absolute Gasteiger partial charge is 0.194 e. The summed E-state index contributed by atoms with van der Waals surface area (Å²) in [4.78, 5) is -0.153. The predicted molar refractivity (Wildman–Crippen MR) is 81.8 cm³/mol. The van der Waals surface area contributed by atoms with E-state index in [1.165, 1.54) is 24.3 Å². The molecule has 2 aromatic carbocycles. The lowest BCUT2D eigenvalue weighted by molar-refractivity contribution is 0.0882. The van der Waals surface area contributed by atoms with Crippen molar-refractivity contribution < 1.29 is 36.9 Å². The van der Waals surface area contributed by atoms with Crippen molar-refractivity contribution in [1.29, 1.82) is 0 Å². The van der Waals surface area contributed by atoms with Gasteiger partial charge in [0.25, 0.3) is 0 Å². The zero-order valence-electron chi connectivity index (χ0n) is 12.9. The van der Waals surface area contributed by atoms with E-state index in [-0.39, 0.29) is 10.5 Å². The van der Waals surface area contributed by atoms with Crippen LogP contribution in [0.1, 0.15) is 23.3 Å². The van der Waals surface area contributed by atoms with E-state index in [2.05, 4.69) is 0 Å². The maximum absolute atomic E-state index is 13.3. The van der Waals surface area contributed by atoms with E-state index < -0.39 is 50.3 Å². The number of hydrogen-bond donors (Lipinski definition) is 3. The third-order valence-corrected chi connectivity index (χ3v) is 6.09. The molecule has 3 N–H and O–H groups in total. The Morgan fingerprint density at radius 3 is 2.08 bits per heavy atom. The molecule has 0 aliphatic carbocycles. The minimum absolute atomic E-state index is 0.0969. The van der Waals surface area contributed by atoms with Crippen LogP contribution in [0.25, 0.3) is 0 Å². The first kappa shape index (κ1) is 19.4. The molecule has 9 heteroatoms. The lowest BCUT2D eigenvalue weighted by Gasteiger charge is -2.21. The van der Waals surface area contributed by atoms with Gasteiger partial charge in [0.05, 0.1) is 11.0 Å². The molecule has 3 atom stereocenters. The standard InChI is InChI=1S/C15H11F3O4S.CH4O/c16-9-5-7(6-10(17)12(9)18)13(19)15-14(20)8-3-1-2-4-11(8)23(15,21)22;1-2/h1-6,13-15,19-20H;2H,1H3. The van der Waals surface area contributed by atoms with Crippen molar-refractivity contribution in [1.82, 2.24) is 0 Å². The fraction of sp³-hybridized carbons (Fsp3) is 0.250. The lowest BCUT2D eigenvalue weighted by atomic mass is 9.98. The van der Waals surface area contributed by atoms with Crippen molar-refractivity contribution >= 4 is 9.84 Å². The Morgan fingerprint density at radius 1 is 1.04 bits per heavy atom. The van der Waals surface area contributed by atoms with E-state index in [1.807, 2.05) is 0 Å². The SMILES string of the molecule is CO.O=S1(=O)c2ccccc2C(O)C1C(O)c1cc(F)c(F)c(F)c1. The maximum atomic E-state index is 13.3. The first-order chi connectivity index (χ1) is 11.7. The largest absolute Gasteiger partial charge is 0.400 e. The second-order valence-corrected chi connectivity index (χ2v) is 7.31. The van der Waals surface area contributed by atoms with E-state index in [0.717, 1.165) is 7.11 Å². The van der Waals surface area contributed by atoms with Gasteiger partial charge in [-0.1, -0.05) is 18.2 Å². The Bertz CT molecular complexity index is 862. The quantitative estimate of drug-likeness (QED) is 0.693. The van der Waals surface area contributed by atoms with E-state index in [0.29, 0.717) is 12.1 Å². The van der Waals surface area contributed by atoms with Gasteiger partial charge in [-0.3, -0.25) is 0 Å². The molecule has 1 aliphatic rings. The molecule has 25 heavy (non-hydrogen) atoms. The summed E-state index contributed by atoms with van der Waals surface area (Å²) < 4.78 is 64.5. The number of aliphatic hydroxyl groups is 3. The minimum atomic E-state index is -4.12. The lowest BCUT2D eigenvalue weighted by Crippen LogP contribution is -2.29. The van der Waals surface area contributed by atoms with Gasteiger partial charge in [0.1, 0.15) is 11.4 Å². The van der Waals surface area contributed by atoms with Crippen LogP contribution < -0.4 is 0 Å². The van der Waals surface area contributed by atoms with Gasteiger partial charge >= 0.3 is 0 Å². The molecule has 3 rings (SSSR count). The Kier molecular flexibility index (Phi) is 5.52. The van der Waals surface area contributed by atoms with E-state index in [4.69, 9.17) is 5.11 Å². The molecule has 0 fully saturated rings. The number of rotatable bonds is 2. The van der Waals surface area contributed by atoms with Gasteiger partial charge in [-0.15, -0.1) is 0 Å². The van der Waals surface area contributed by atoms with Crippen LogP contribution in [-0.2, 0) is 9.84 Å². The molecule has 136 valence electrons. The van der Waals surface area contributed by atoms with Crippen molar-refractivity contribution in [3.05, 3.63) is 65.0 Å². The second kappa shape index (κ2) is 7.12. The molecule has 0 radical (unpaired) electrons. The van der Waals surface area contributed by atoms with Crippen molar-refractivity contribution in [2.24, 2.45) is 0 Å². The Hall–Kier alpha value is -1.94.